The van der Waals surface area contributed by atoms with Crippen LogP contribution < -0.4 is 15.4 Å². The highest BCUT2D eigenvalue weighted by molar-refractivity contribution is 6.09. The summed E-state index contributed by atoms with van der Waals surface area (Å²) in [6, 6.07) is 75.5. The average Bonchev–Trinajstić information content (AvgIpc) is 3.90. The first-order chi connectivity index (χ1) is 37.5. The second kappa shape index (κ2) is 18.5. The van der Waals surface area contributed by atoms with E-state index in [4.69, 9.17) is 9.72 Å². The van der Waals surface area contributed by atoms with Gasteiger partial charge in [0.2, 0.25) is 0 Å². The van der Waals surface area contributed by atoms with E-state index in [1.807, 2.05) is 18.3 Å². The summed E-state index contributed by atoms with van der Waals surface area (Å²) in [6.45, 7) is 20.6. The van der Waals surface area contributed by atoms with Crippen LogP contribution in [0, 0.1) is 0 Å². The molecule has 5 heteroatoms. The lowest BCUT2D eigenvalue weighted by atomic mass is 9.61. The Hall–Kier alpha value is -8.67. The molecule has 78 heavy (non-hydrogen) atoms. The fourth-order valence-electron chi connectivity index (χ4n) is 12.2. The molecular weight excluding hydrogens is 949 g/mol. The summed E-state index contributed by atoms with van der Waals surface area (Å²) < 4.78 is 9.02. The number of ether oxygens (including phenoxy) is 1. The van der Waals surface area contributed by atoms with Crippen LogP contribution in [0.3, 0.4) is 0 Å². The molecule has 0 atom stereocenters. The average molecular weight is 1020 g/mol. The minimum Gasteiger partial charge on any atom is -0.457 e. The lowest BCUT2D eigenvalue weighted by Crippen LogP contribution is -2.27. The van der Waals surface area contributed by atoms with Gasteiger partial charge in [-0.2, -0.15) is 0 Å². The molecule has 0 unspecified atom stereocenters. The number of fused-ring (bicyclic) bond motifs is 3. The predicted octanol–water partition coefficient (Wildman–Crippen LogP) is 19.7. The monoisotopic (exact) mass is 1010 g/mol. The number of pyridine rings is 1. The number of anilines is 4. The van der Waals surface area contributed by atoms with Gasteiger partial charge < -0.3 is 15.4 Å². The zero-order valence-electron chi connectivity index (χ0n) is 46.2. The van der Waals surface area contributed by atoms with Crippen molar-refractivity contribution in [3.8, 4) is 39.6 Å². The van der Waals surface area contributed by atoms with E-state index < -0.39 is 0 Å². The van der Waals surface area contributed by atoms with E-state index in [-0.39, 0.29) is 28.1 Å². The third-order valence-corrected chi connectivity index (χ3v) is 16.3. The molecule has 0 radical (unpaired) electrons. The van der Waals surface area contributed by atoms with E-state index in [0.717, 1.165) is 67.6 Å². The van der Waals surface area contributed by atoms with Gasteiger partial charge in [-0.1, -0.05) is 196 Å². The minimum atomic E-state index is -0.0523. The molecule has 2 aromatic heterocycles. The van der Waals surface area contributed by atoms with Crippen molar-refractivity contribution in [1.82, 2.24) is 9.55 Å². The number of rotatable bonds is 9. The van der Waals surface area contributed by atoms with E-state index in [2.05, 4.69) is 272 Å². The van der Waals surface area contributed by atoms with Crippen molar-refractivity contribution in [3.05, 3.63) is 263 Å². The van der Waals surface area contributed by atoms with Gasteiger partial charge >= 0.3 is 0 Å². The summed E-state index contributed by atoms with van der Waals surface area (Å²) in [7, 11) is 0. The largest absolute Gasteiger partial charge is 0.457 e. The Kier molecular flexibility index (Phi) is 11.6. The van der Waals surface area contributed by atoms with Crippen molar-refractivity contribution in [2.24, 2.45) is 0 Å². The Bertz CT molecular complexity index is 4080. The quantitative estimate of drug-likeness (QED) is 0.151. The Balaban J connectivity index is 0.882. The molecule has 384 valence electrons. The van der Waals surface area contributed by atoms with Gasteiger partial charge in [-0.25, -0.2) is 4.98 Å². The first-order valence-electron chi connectivity index (χ1n) is 27.6. The first-order valence-corrected chi connectivity index (χ1v) is 27.6. The van der Waals surface area contributed by atoms with Crippen molar-refractivity contribution in [2.75, 3.05) is 10.6 Å². The van der Waals surface area contributed by atoms with Crippen LogP contribution in [0.15, 0.2) is 212 Å². The normalized spacial score (nSPS) is 14.7. The number of benzene rings is 9. The molecule has 2 N–H and O–H groups in total. The molecule has 3 aliphatic carbocycles. The van der Waals surface area contributed by atoms with Crippen LogP contribution in [0.25, 0.3) is 49.9 Å². The molecule has 3 aliphatic rings. The lowest BCUT2D eigenvalue weighted by Gasteiger charge is -2.42. The summed E-state index contributed by atoms with van der Waals surface area (Å²) in [5.74, 6) is 2.74. The first kappa shape index (κ1) is 48.9. The lowest BCUT2D eigenvalue weighted by molar-refractivity contribution is 0.483. The molecular formula is C73H66N4O. The van der Waals surface area contributed by atoms with E-state index in [1.54, 1.807) is 0 Å². The van der Waals surface area contributed by atoms with Crippen LogP contribution in [0.2, 0.25) is 0 Å². The maximum Gasteiger partial charge on any atom is 0.137 e. The van der Waals surface area contributed by atoms with Gasteiger partial charge in [-0.3, -0.25) is 4.57 Å². The molecule has 0 spiro atoms. The SMILES string of the molecule is CC(C)(C)c1cc(-c2cccc(-c3ccc4c(c3)C3c5ccccc5C4c4ccccc43)c2Nc2ccccc2Nc2cccc(Oc3ccc4c5ccccc5n(-c5cc(C(C)(C)C)ccn5)c4c3)c2)cc(C(C)(C)C)c1. The Labute approximate surface area is 459 Å². The molecule has 0 aliphatic heterocycles. The van der Waals surface area contributed by atoms with Crippen LogP contribution in [0.4, 0.5) is 22.7 Å². The molecule has 5 nitrogen and oxygen atoms in total. The van der Waals surface area contributed by atoms with Crippen molar-refractivity contribution < 1.29 is 4.74 Å². The highest BCUT2D eigenvalue weighted by Gasteiger charge is 2.41. The highest BCUT2D eigenvalue weighted by atomic mass is 16.5. The topological polar surface area (TPSA) is 51.1 Å². The number of nitrogens with zero attached hydrogens (tertiary/aromatic N) is 2. The molecule has 2 bridgehead atoms. The van der Waals surface area contributed by atoms with Crippen LogP contribution in [0.5, 0.6) is 11.5 Å². The molecule has 2 heterocycles. The summed E-state index contributed by atoms with van der Waals surface area (Å²) in [5, 5.41) is 10.2. The molecule has 9 aromatic carbocycles. The van der Waals surface area contributed by atoms with Gasteiger partial charge in [-0.05, 0) is 138 Å². The number of nitrogens with one attached hydrogen (secondary N) is 2. The van der Waals surface area contributed by atoms with Crippen LogP contribution in [0.1, 0.15) is 124 Å². The summed E-state index contributed by atoms with van der Waals surface area (Å²) in [4.78, 5) is 4.90. The van der Waals surface area contributed by atoms with Gasteiger partial charge in [0, 0.05) is 57.8 Å². The molecule has 11 aromatic rings. The summed E-state index contributed by atoms with van der Waals surface area (Å²) in [5.41, 5.74) is 22.9. The van der Waals surface area contributed by atoms with E-state index in [0.29, 0.717) is 0 Å². The maximum absolute atomic E-state index is 6.76. The smallest absolute Gasteiger partial charge is 0.137 e. The number of para-hydroxylation sites is 4. The van der Waals surface area contributed by atoms with Gasteiger partial charge in [0.05, 0.1) is 28.1 Å². The van der Waals surface area contributed by atoms with Crippen LogP contribution in [-0.4, -0.2) is 9.55 Å². The number of aromatic nitrogens is 2. The maximum atomic E-state index is 6.76. The molecule has 14 rings (SSSR count). The predicted molar refractivity (Wildman–Crippen MR) is 326 cm³/mol. The zero-order valence-corrected chi connectivity index (χ0v) is 46.2. The Morgan fingerprint density at radius 2 is 0.949 bits per heavy atom. The van der Waals surface area contributed by atoms with Crippen molar-refractivity contribution >= 4 is 44.6 Å². The van der Waals surface area contributed by atoms with Gasteiger partial charge in [0.25, 0.3) is 0 Å². The van der Waals surface area contributed by atoms with E-state index in [9.17, 15) is 0 Å². The molecule has 0 saturated carbocycles. The van der Waals surface area contributed by atoms with Crippen molar-refractivity contribution in [2.45, 2.75) is 90.4 Å². The van der Waals surface area contributed by atoms with Crippen LogP contribution in [-0.2, 0) is 16.2 Å². The van der Waals surface area contributed by atoms with E-state index >= 15 is 0 Å². The van der Waals surface area contributed by atoms with Gasteiger partial charge in [0.1, 0.15) is 17.3 Å². The van der Waals surface area contributed by atoms with Gasteiger partial charge in [0.15, 0.2) is 0 Å². The van der Waals surface area contributed by atoms with Crippen LogP contribution >= 0.6 is 0 Å². The second-order valence-corrected chi connectivity index (χ2v) is 24.6. The summed E-state index contributed by atoms with van der Waals surface area (Å²) in [6.07, 6.45) is 1.92. The molecule has 0 fully saturated rings. The van der Waals surface area contributed by atoms with Crippen molar-refractivity contribution in [3.63, 3.8) is 0 Å². The molecule has 0 saturated heterocycles. The Morgan fingerprint density at radius 3 is 1.62 bits per heavy atom. The fraction of sp³-hybridized carbons (Fsp3) is 0.192. The minimum absolute atomic E-state index is 0.0204. The number of hydrogen-bond acceptors (Lipinski definition) is 4. The number of hydrogen-bond donors (Lipinski definition) is 2. The van der Waals surface area contributed by atoms with Gasteiger partial charge in [-0.15, -0.1) is 0 Å². The Morgan fingerprint density at radius 1 is 0.397 bits per heavy atom. The van der Waals surface area contributed by atoms with E-state index in [1.165, 1.54) is 66.6 Å². The third kappa shape index (κ3) is 8.62. The second-order valence-electron chi connectivity index (χ2n) is 24.6. The third-order valence-electron chi connectivity index (χ3n) is 16.3. The standard InChI is InChI=1S/C73H66N4O/c1-71(2,3)47-36-37-74-67(42-47)77-65-31-17-14-22-55(65)56-35-33-52(44-66(56)77)78-51-21-18-20-50(43-51)75-63-29-15-16-30-64(63)76-70-53(27-19-28-54(70)46-38-48(72(4,5)6)41-49(39-46)73(7,8)9)45-32-34-61-62(40-45)69-59-25-12-10-23-57(59)68(61)58-24-11-13-26-60(58)69/h10-44,68-69,75-76H,1-9H3. The highest BCUT2D eigenvalue weighted by Crippen LogP contribution is 2.57. The van der Waals surface area contributed by atoms with Crippen molar-refractivity contribution in [1.29, 1.82) is 0 Å². The zero-order chi connectivity index (χ0) is 53.7. The summed E-state index contributed by atoms with van der Waals surface area (Å²) >= 11 is 0. The fourth-order valence-corrected chi connectivity index (χ4v) is 12.2. The molecule has 0 amide bonds.